The summed E-state index contributed by atoms with van der Waals surface area (Å²) >= 11 is 0. The molecule has 5 heteroatoms. The number of nitrogens with one attached hydrogen (secondary N) is 1. The van der Waals surface area contributed by atoms with E-state index in [4.69, 9.17) is 4.42 Å². The lowest BCUT2D eigenvalue weighted by Crippen LogP contribution is -1.82. The molecule has 2 heterocycles. The predicted octanol–water partition coefficient (Wildman–Crippen LogP) is 3.18. The monoisotopic (exact) mass is 243 g/mol. The van der Waals surface area contributed by atoms with Crippen molar-refractivity contribution in [1.29, 1.82) is 0 Å². The highest BCUT2D eigenvalue weighted by Crippen LogP contribution is 2.21. The minimum atomic E-state index is -0.259. The van der Waals surface area contributed by atoms with Crippen LogP contribution in [0.4, 0.5) is 4.39 Å². The van der Waals surface area contributed by atoms with Crippen molar-refractivity contribution < 1.29 is 8.81 Å². The van der Waals surface area contributed by atoms with E-state index < -0.39 is 0 Å². The minimum Gasteiger partial charge on any atom is -0.449 e. The van der Waals surface area contributed by atoms with Gasteiger partial charge < -0.3 is 9.40 Å². The number of aryl methyl sites for hydroxylation is 1. The van der Waals surface area contributed by atoms with Gasteiger partial charge in [0.1, 0.15) is 17.8 Å². The van der Waals surface area contributed by atoms with E-state index in [9.17, 15) is 4.39 Å². The van der Waals surface area contributed by atoms with E-state index in [1.165, 1.54) is 12.1 Å². The number of aromatic amines is 1. The maximum absolute atomic E-state index is 12.8. The molecule has 90 valence electrons. The quantitative estimate of drug-likeness (QED) is 0.752. The van der Waals surface area contributed by atoms with Crippen molar-refractivity contribution in [3.05, 3.63) is 48.4 Å². The first kappa shape index (κ1) is 10.7. The first-order valence-corrected chi connectivity index (χ1v) is 5.46. The van der Waals surface area contributed by atoms with Gasteiger partial charge >= 0.3 is 0 Å². The van der Waals surface area contributed by atoms with E-state index in [2.05, 4.69) is 15.0 Å². The highest BCUT2D eigenvalue weighted by atomic mass is 19.1. The van der Waals surface area contributed by atoms with Gasteiger partial charge in [0.2, 0.25) is 0 Å². The Kier molecular flexibility index (Phi) is 2.44. The Morgan fingerprint density at radius 1 is 1.22 bits per heavy atom. The molecular formula is C13H10FN3O. The largest absolute Gasteiger partial charge is 0.449 e. The van der Waals surface area contributed by atoms with Gasteiger partial charge in [-0.2, -0.15) is 0 Å². The number of hydrogen-bond acceptors (Lipinski definition) is 3. The van der Waals surface area contributed by atoms with Crippen molar-refractivity contribution in [1.82, 2.24) is 15.0 Å². The van der Waals surface area contributed by atoms with E-state index in [1.807, 2.05) is 0 Å². The maximum Gasteiger partial charge on any atom is 0.191 e. The maximum atomic E-state index is 12.8. The molecule has 0 aliphatic rings. The van der Waals surface area contributed by atoms with Crippen LogP contribution in [-0.2, 0) is 0 Å². The zero-order chi connectivity index (χ0) is 12.5. The van der Waals surface area contributed by atoms with Crippen LogP contribution in [-0.4, -0.2) is 15.0 Å². The fourth-order valence-electron chi connectivity index (χ4n) is 1.70. The Bertz CT molecular complexity index is 670. The van der Waals surface area contributed by atoms with Gasteiger partial charge in [-0.1, -0.05) is 0 Å². The summed E-state index contributed by atoms with van der Waals surface area (Å²) in [5, 5.41) is 0. The molecule has 0 amide bonds. The number of aromatic nitrogens is 3. The van der Waals surface area contributed by atoms with Crippen molar-refractivity contribution in [3.63, 3.8) is 0 Å². The number of halogens is 1. The van der Waals surface area contributed by atoms with Crippen LogP contribution < -0.4 is 0 Å². The molecular weight excluding hydrogens is 233 g/mol. The fraction of sp³-hybridized carbons (Fsp3) is 0.0769. The lowest BCUT2D eigenvalue weighted by atomic mass is 10.2. The molecule has 18 heavy (non-hydrogen) atoms. The summed E-state index contributed by atoms with van der Waals surface area (Å²) in [7, 11) is 0. The molecule has 0 saturated heterocycles. The van der Waals surface area contributed by atoms with E-state index in [-0.39, 0.29) is 5.82 Å². The van der Waals surface area contributed by atoms with Crippen molar-refractivity contribution in [2.45, 2.75) is 6.92 Å². The van der Waals surface area contributed by atoms with Gasteiger partial charge in [0.25, 0.3) is 0 Å². The molecule has 0 spiro atoms. The van der Waals surface area contributed by atoms with Crippen LogP contribution in [0, 0.1) is 12.7 Å². The molecule has 2 aromatic heterocycles. The molecule has 0 unspecified atom stereocenters. The number of imidazole rings is 1. The average Bonchev–Trinajstić information content (AvgIpc) is 2.98. The topological polar surface area (TPSA) is 54.7 Å². The summed E-state index contributed by atoms with van der Waals surface area (Å²) in [5.41, 5.74) is 2.34. The minimum absolute atomic E-state index is 0.259. The van der Waals surface area contributed by atoms with Crippen LogP contribution in [0.1, 0.15) is 5.89 Å². The van der Waals surface area contributed by atoms with Gasteiger partial charge in [-0.25, -0.2) is 14.4 Å². The van der Waals surface area contributed by atoms with Crippen LogP contribution >= 0.6 is 0 Å². The fourth-order valence-corrected chi connectivity index (χ4v) is 1.70. The van der Waals surface area contributed by atoms with Gasteiger partial charge in [-0.05, 0) is 29.8 Å². The molecule has 1 aromatic carbocycles. The number of benzene rings is 1. The summed E-state index contributed by atoms with van der Waals surface area (Å²) in [6, 6.07) is 6.22. The highest BCUT2D eigenvalue weighted by Gasteiger charge is 2.08. The molecule has 3 aromatic rings. The van der Waals surface area contributed by atoms with Gasteiger partial charge in [0.15, 0.2) is 11.7 Å². The molecule has 0 bridgehead atoms. The molecule has 0 atom stereocenters. The van der Waals surface area contributed by atoms with Crippen molar-refractivity contribution in [2.24, 2.45) is 0 Å². The predicted molar refractivity (Wildman–Crippen MR) is 64.2 cm³/mol. The Balaban J connectivity index is 1.96. The van der Waals surface area contributed by atoms with Crippen LogP contribution in [0.5, 0.6) is 0 Å². The zero-order valence-electron chi connectivity index (χ0n) is 9.64. The standard InChI is InChI=1S/C13H10FN3O/c1-8-16-12(7-18-8)13-15-6-11(17-13)9-2-4-10(14)5-3-9/h2-7H,1H3,(H,15,17). The first-order chi connectivity index (χ1) is 8.72. The summed E-state index contributed by atoms with van der Waals surface area (Å²) in [5.74, 6) is 0.960. The van der Waals surface area contributed by atoms with E-state index in [1.54, 1.807) is 31.5 Å². The second kappa shape index (κ2) is 4.10. The van der Waals surface area contributed by atoms with E-state index >= 15 is 0 Å². The Hall–Kier alpha value is -2.43. The van der Waals surface area contributed by atoms with Crippen LogP contribution in [0.15, 0.2) is 41.1 Å². The Morgan fingerprint density at radius 2 is 2.00 bits per heavy atom. The van der Waals surface area contributed by atoms with E-state index in [0.717, 1.165) is 11.3 Å². The number of hydrogen-bond donors (Lipinski definition) is 1. The number of H-pyrrole nitrogens is 1. The molecule has 0 aliphatic carbocycles. The van der Waals surface area contributed by atoms with Crippen LogP contribution in [0.25, 0.3) is 22.8 Å². The summed E-state index contributed by atoms with van der Waals surface area (Å²) in [4.78, 5) is 11.5. The summed E-state index contributed by atoms with van der Waals surface area (Å²) in [6.45, 7) is 1.77. The number of rotatable bonds is 2. The van der Waals surface area contributed by atoms with Gasteiger partial charge in [-0.15, -0.1) is 0 Å². The zero-order valence-corrected chi connectivity index (χ0v) is 9.64. The summed E-state index contributed by atoms with van der Waals surface area (Å²) in [6.07, 6.45) is 3.23. The van der Waals surface area contributed by atoms with Crippen molar-refractivity contribution >= 4 is 0 Å². The van der Waals surface area contributed by atoms with Gasteiger partial charge in [-0.3, -0.25) is 0 Å². The molecule has 0 aliphatic heterocycles. The van der Waals surface area contributed by atoms with Crippen LogP contribution in [0.2, 0.25) is 0 Å². The Morgan fingerprint density at radius 3 is 2.67 bits per heavy atom. The SMILES string of the molecule is Cc1nc(-c2ncc(-c3ccc(F)cc3)[nH]2)co1. The third-order valence-corrected chi connectivity index (χ3v) is 2.59. The first-order valence-electron chi connectivity index (χ1n) is 5.46. The van der Waals surface area contributed by atoms with Gasteiger partial charge in [0, 0.05) is 6.92 Å². The third kappa shape index (κ3) is 1.90. The lowest BCUT2D eigenvalue weighted by Gasteiger charge is -1.96. The molecule has 0 fully saturated rings. The molecule has 0 saturated carbocycles. The summed E-state index contributed by atoms with van der Waals surface area (Å²) < 4.78 is 18.0. The second-order valence-electron chi connectivity index (χ2n) is 3.90. The smallest absolute Gasteiger partial charge is 0.191 e. The third-order valence-electron chi connectivity index (χ3n) is 2.59. The second-order valence-corrected chi connectivity index (χ2v) is 3.90. The normalized spacial score (nSPS) is 10.8. The molecule has 1 N–H and O–H groups in total. The van der Waals surface area contributed by atoms with E-state index in [0.29, 0.717) is 17.4 Å². The lowest BCUT2D eigenvalue weighted by molar-refractivity contribution is 0.521. The van der Waals surface area contributed by atoms with Gasteiger partial charge in [0.05, 0.1) is 11.9 Å². The average molecular weight is 243 g/mol. The van der Waals surface area contributed by atoms with Crippen LogP contribution in [0.3, 0.4) is 0 Å². The van der Waals surface area contributed by atoms with Crippen molar-refractivity contribution in [2.75, 3.05) is 0 Å². The number of nitrogens with zero attached hydrogens (tertiary/aromatic N) is 2. The molecule has 4 nitrogen and oxygen atoms in total. The van der Waals surface area contributed by atoms with Crippen molar-refractivity contribution in [3.8, 4) is 22.8 Å². The molecule has 0 radical (unpaired) electrons. The number of oxazole rings is 1. The highest BCUT2D eigenvalue weighted by molar-refractivity contribution is 5.62. The molecule has 3 rings (SSSR count). The Labute approximate surface area is 103 Å².